The van der Waals surface area contributed by atoms with Crippen LogP contribution in [0, 0.1) is 0 Å². The number of hydrogen-bond donors (Lipinski definition) is 2. The summed E-state index contributed by atoms with van der Waals surface area (Å²) in [4.78, 5) is 28.3. The third kappa shape index (κ3) is 3.72. The third-order valence-corrected chi connectivity index (χ3v) is 5.13. The van der Waals surface area contributed by atoms with Crippen LogP contribution in [0.3, 0.4) is 0 Å². The number of carbonyl (C=O) groups is 1. The minimum absolute atomic E-state index is 0.143. The first-order valence-electron chi connectivity index (χ1n) is 7.99. The maximum atomic E-state index is 12.8. The van der Waals surface area contributed by atoms with Gasteiger partial charge in [0.05, 0.1) is 31.5 Å². The zero-order valence-corrected chi connectivity index (χ0v) is 15.5. The molecule has 0 spiro atoms. The highest BCUT2D eigenvalue weighted by atomic mass is 32.2. The monoisotopic (exact) mass is 373 g/mol. The van der Waals surface area contributed by atoms with Crippen molar-refractivity contribution in [2.75, 3.05) is 19.5 Å². The van der Waals surface area contributed by atoms with Crippen LogP contribution in [-0.2, 0) is 4.79 Å². The average molecular weight is 373 g/mol. The second-order valence-electron chi connectivity index (χ2n) is 5.35. The lowest BCUT2D eigenvalue weighted by atomic mass is 10.2. The van der Waals surface area contributed by atoms with E-state index in [1.54, 1.807) is 38.7 Å². The number of carbonyl (C=O) groups excluding carboxylic acids is 1. The zero-order valence-electron chi connectivity index (χ0n) is 14.6. The Hall–Kier alpha value is -2.81. The first-order valence-corrected chi connectivity index (χ1v) is 8.87. The van der Waals surface area contributed by atoms with Gasteiger partial charge in [-0.25, -0.2) is 15.0 Å². The van der Waals surface area contributed by atoms with E-state index in [0.29, 0.717) is 34.3 Å². The second-order valence-corrected chi connectivity index (χ2v) is 6.54. The lowest BCUT2D eigenvalue weighted by Gasteiger charge is -2.16. The van der Waals surface area contributed by atoms with E-state index in [-0.39, 0.29) is 11.2 Å². The summed E-state index contributed by atoms with van der Waals surface area (Å²) >= 11 is 1.37. The van der Waals surface area contributed by atoms with Crippen LogP contribution in [0.15, 0.2) is 35.9 Å². The summed E-state index contributed by atoms with van der Waals surface area (Å²) in [5, 5.41) is 3.26. The van der Waals surface area contributed by atoms with Crippen molar-refractivity contribution in [3.8, 4) is 11.5 Å². The minimum atomic E-state index is -0.340. The Morgan fingerprint density at radius 1 is 1.27 bits per heavy atom. The Bertz CT molecular complexity index is 914. The molecule has 0 aliphatic carbocycles. The fourth-order valence-corrected chi connectivity index (χ4v) is 3.39. The van der Waals surface area contributed by atoms with Crippen molar-refractivity contribution in [1.29, 1.82) is 0 Å². The molecule has 136 valence electrons. The molecule has 1 aromatic carbocycles. The molecule has 0 saturated heterocycles. The fourth-order valence-electron chi connectivity index (χ4n) is 2.41. The van der Waals surface area contributed by atoms with E-state index in [9.17, 15) is 4.79 Å². The van der Waals surface area contributed by atoms with Crippen LogP contribution in [0.2, 0.25) is 0 Å². The summed E-state index contributed by atoms with van der Waals surface area (Å²) in [5.41, 5.74) is 1.86. The number of hydrogen-bond acceptors (Lipinski definition) is 7. The number of imidazole rings is 1. The van der Waals surface area contributed by atoms with E-state index in [0.717, 1.165) is 5.52 Å². The molecule has 0 unspecified atom stereocenters. The van der Waals surface area contributed by atoms with Gasteiger partial charge < -0.3 is 19.8 Å². The Kier molecular flexibility index (Phi) is 5.57. The van der Waals surface area contributed by atoms with Gasteiger partial charge in [-0.05, 0) is 18.6 Å². The number of thioether (sulfide) groups is 1. The normalized spacial score (nSPS) is 12.0. The molecule has 1 amide bonds. The first kappa shape index (κ1) is 18.0. The van der Waals surface area contributed by atoms with Gasteiger partial charge in [-0.1, -0.05) is 18.7 Å². The molecule has 26 heavy (non-hydrogen) atoms. The van der Waals surface area contributed by atoms with Crippen LogP contribution >= 0.6 is 11.8 Å². The number of benzene rings is 1. The Morgan fingerprint density at radius 3 is 2.85 bits per heavy atom. The number of amides is 1. The highest BCUT2D eigenvalue weighted by molar-refractivity contribution is 8.00. The van der Waals surface area contributed by atoms with Crippen molar-refractivity contribution in [3.63, 3.8) is 0 Å². The van der Waals surface area contributed by atoms with Gasteiger partial charge in [0.25, 0.3) is 0 Å². The zero-order chi connectivity index (χ0) is 18.5. The topological polar surface area (TPSA) is 102 Å². The molecular formula is C17H19N5O3S. The quantitative estimate of drug-likeness (QED) is 0.485. The minimum Gasteiger partial charge on any atom is -0.497 e. The summed E-state index contributed by atoms with van der Waals surface area (Å²) in [6.45, 7) is 1.95. The number of aromatic amines is 1. The predicted octanol–water partition coefficient (Wildman–Crippen LogP) is 2.88. The van der Waals surface area contributed by atoms with E-state index in [4.69, 9.17) is 9.47 Å². The van der Waals surface area contributed by atoms with Crippen LogP contribution in [0.5, 0.6) is 11.5 Å². The molecule has 2 N–H and O–H groups in total. The van der Waals surface area contributed by atoms with Crippen molar-refractivity contribution in [2.24, 2.45) is 0 Å². The molecule has 0 saturated carbocycles. The number of H-pyrrole nitrogens is 1. The number of methoxy groups -OCH3 is 2. The van der Waals surface area contributed by atoms with E-state index < -0.39 is 0 Å². The molecule has 2 heterocycles. The lowest BCUT2D eigenvalue weighted by Crippen LogP contribution is -2.25. The second kappa shape index (κ2) is 8.05. The van der Waals surface area contributed by atoms with Gasteiger partial charge in [-0.2, -0.15) is 0 Å². The molecule has 0 aliphatic rings. The molecule has 1 atom stereocenters. The summed E-state index contributed by atoms with van der Waals surface area (Å²) < 4.78 is 10.5. The van der Waals surface area contributed by atoms with Crippen LogP contribution in [-0.4, -0.2) is 45.3 Å². The molecule has 3 aromatic rings. The maximum absolute atomic E-state index is 12.8. The summed E-state index contributed by atoms with van der Waals surface area (Å²) in [6, 6.07) is 5.25. The van der Waals surface area contributed by atoms with Gasteiger partial charge >= 0.3 is 0 Å². The van der Waals surface area contributed by atoms with E-state index in [2.05, 4.69) is 25.3 Å². The Balaban J connectivity index is 1.80. The van der Waals surface area contributed by atoms with Crippen molar-refractivity contribution >= 4 is 34.5 Å². The van der Waals surface area contributed by atoms with E-state index in [1.165, 1.54) is 18.1 Å². The molecule has 0 aliphatic heterocycles. The van der Waals surface area contributed by atoms with Crippen LogP contribution in [0.1, 0.15) is 13.3 Å². The van der Waals surface area contributed by atoms with Crippen molar-refractivity contribution in [2.45, 2.75) is 23.6 Å². The molecule has 3 rings (SSSR count). The van der Waals surface area contributed by atoms with Gasteiger partial charge in [-0.3, -0.25) is 4.79 Å². The van der Waals surface area contributed by atoms with Gasteiger partial charge in [0.1, 0.15) is 28.4 Å². The van der Waals surface area contributed by atoms with Gasteiger partial charge in [-0.15, -0.1) is 0 Å². The van der Waals surface area contributed by atoms with Crippen LogP contribution in [0.25, 0.3) is 11.2 Å². The molecule has 0 fully saturated rings. The molecule has 9 heteroatoms. The van der Waals surface area contributed by atoms with Gasteiger partial charge in [0, 0.05) is 6.07 Å². The highest BCUT2D eigenvalue weighted by Gasteiger charge is 2.22. The first-order chi connectivity index (χ1) is 12.7. The van der Waals surface area contributed by atoms with Gasteiger partial charge in [0.15, 0.2) is 5.65 Å². The lowest BCUT2D eigenvalue weighted by molar-refractivity contribution is -0.115. The van der Waals surface area contributed by atoms with E-state index >= 15 is 0 Å². The predicted molar refractivity (Wildman–Crippen MR) is 99.8 cm³/mol. The van der Waals surface area contributed by atoms with Crippen molar-refractivity contribution < 1.29 is 14.3 Å². The number of nitrogens with one attached hydrogen (secondary N) is 2. The third-order valence-electron chi connectivity index (χ3n) is 3.77. The summed E-state index contributed by atoms with van der Waals surface area (Å²) in [6.07, 6.45) is 3.63. The Labute approximate surface area is 154 Å². The smallest absolute Gasteiger partial charge is 0.238 e. The maximum Gasteiger partial charge on any atom is 0.238 e. The molecule has 0 radical (unpaired) electrons. The molecule has 2 aromatic heterocycles. The summed E-state index contributed by atoms with van der Waals surface area (Å²) in [7, 11) is 3.13. The van der Waals surface area contributed by atoms with Crippen molar-refractivity contribution in [3.05, 3.63) is 30.9 Å². The number of nitrogens with zero attached hydrogens (tertiary/aromatic N) is 3. The number of fused-ring (bicyclic) bond motifs is 1. The number of rotatable bonds is 7. The number of ether oxygens (including phenoxy) is 2. The average Bonchev–Trinajstić information content (AvgIpc) is 3.15. The number of aromatic nitrogens is 4. The largest absolute Gasteiger partial charge is 0.497 e. The standard InChI is InChI=1S/C17H19N5O3S/c1-4-13(26-17-14-15(19-8-18-14)20-9-21-17)16(23)22-11-7-10(24-2)5-6-12(11)25-3/h5-9,13H,4H2,1-3H3,(H,22,23)(H,18,19,20,21)/t13-/m0/s1. The summed E-state index contributed by atoms with van der Waals surface area (Å²) in [5.74, 6) is 1.06. The highest BCUT2D eigenvalue weighted by Crippen LogP contribution is 2.32. The van der Waals surface area contributed by atoms with Gasteiger partial charge in [0.2, 0.25) is 5.91 Å². The molecule has 8 nitrogen and oxygen atoms in total. The van der Waals surface area contributed by atoms with Crippen LogP contribution in [0.4, 0.5) is 5.69 Å². The number of anilines is 1. The SMILES string of the molecule is CC[C@H](Sc1ncnc2nc[nH]c12)C(=O)Nc1cc(OC)ccc1OC. The van der Waals surface area contributed by atoms with Crippen molar-refractivity contribution in [1.82, 2.24) is 19.9 Å². The Morgan fingerprint density at radius 2 is 2.12 bits per heavy atom. The fraction of sp³-hybridized carbons (Fsp3) is 0.294. The molecular weight excluding hydrogens is 354 g/mol. The molecule has 0 bridgehead atoms. The van der Waals surface area contributed by atoms with E-state index in [1.807, 2.05) is 6.92 Å². The van der Waals surface area contributed by atoms with Crippen LogP contribution < -0.4 is 14.8 Å².